The van der Waals surface area contributed by atoms with Crippen LogP contribution in [0.1, 0.15) is 112 Å². The molecule has 0 atom stereocenters. The Morgan fingerprint density at radius 1 is 0.939 bits per heavy atom. The molecule has 0 fully saturated rings. The van der Waals surface area contributed by atoms with E-state index >= 15 is 0 Å². The van der Waals surface area contributed by atoms with Crippen LogP contribution in [0.5, 0.6) is 0 Å². The van der Waals surface area contributed by atoms with Crippen molar-refractivity contribution in [3.8, 4) is 0 Å². The maximum absolute atomic E-state index is 4.64. The van der Waals surface area contributed by atoms with E-state index in [9.17, 15) is 0 Å². The number of allylic oxidation sites excluding steroid dienone is 5. The van der Waals surface area contributed by atoms with Crippen molar-refractivity contribution in [2.75, 3.05) is 7.05 Å². The molecular weight excluding hydrogens is 398 g/mol. The lowest BCUT2D eigenvalue weighted by molar-refractivity contribution is 0.412. The van der Waals surface area contributed by atoms with E-state index in [0.29, 0.717) is 0 Å². The molecule has 0 spiro atoms. The zero-order valence-corrected chi connectivity index (χ0v) is 23.9. The topological polar surface area (TPSA) is 12.4 Å². The molecule has 33 heavy (non-hydrogen) atoms. The molecule has 0 saturated carbocycles. The van der Waals surface area contributed by atoms with Gasteiger partial charge in [-0.2, -0.15) is 0 Å². The highest BCUT2D eigenvalue weighted by Crippen LogP contribution is 2.26. The number of rotatable bonds is 10. The van der Waals surface area contributed by atoms with E-state index in [1.54, 1.807) is 0 Å². The van der Waals surface area contributed by atoms with Gasteiger partial charge < -0.3 is 0 Å². The molecule has 0 radical (unpaired) electrons. The highest BCUT2D eigenvalue weighted by molar-refractivity contribution is 6.12. The number of aryl methyl sites for hydroxylation is 1. The van der Waals surface area contributed by atoms with Crippen molar-refractivity contribution < 1.29 is 0 Å². The van der Waals surface area contributed by atoms with Gasteiger partial charge in [-0.25, -0.2) is 0 Å². The summed E-state index contributed by atoms with van der Waals surface area (Å²) >= 11 is 0. The number of benzene rings is 1. The van der Waals surface area contributed by atoms with E-state index in [0.717, 1.165) is 12.3 Å². The third kappa shape index (κ3) is 12.8. The van der Waals surface area contributed by atoms with Crippen LogP contribution < -0.4 is 0 Å². The van der Waals surface area contributed by atoms with Crippen LogP contribution in [-0.2, 0) is 0 Å². The van der Waals surface area contributed by atoms with Gasteiger partial charge in [0.25, 0.3) is 0 Å². The molecule has 0 amide bonds. The molecule has 1 rings (SSSR count). The van der Waals surface area contributed by atoms with Gasteiger partial charge in [-0.1, -0.05) is 114 Å². The minimum absolute atomic E-state index is 0.220. The van der Waals surface area contributed by atoms with Crippen molar-refractivity contribution in [3.63, 3.8) is 0 Å². The molecule has 0 aliphatic carbocycles. The Kier molecular flexibility index (Phi) is 15.0. The summed E-state index contributed by atoms with van der Waals surface area (Å²) in [6.45, 7) is 25.9. The van der Waals surface area contributed by atoms with Crippen LogP contribution in [-0.4, -0.2) is 12.8 Å². The summed E-state index contributed by atoms with van der Waals surface area (Å²) in [5, 5.41) is 0. The maximum atomic E-state index is 4.64. The lowest BCUT2D eigenvalue weighted by Crippen LogP contribution is -2.10. The van der Waals surface area contributed by atoms with Crippen molar-refractivity contribution in [1.29, 1.82) is 0 Å². The molecule has 0 aliphatic rings. The van der Waals surface area contributed by atoms with E-state index < -0.39 is 0 Å². The standard InChI is InChI=1S/C22H35N.C10H18/c1-7-9-19(10-8-2)13-16-21(17(3)4)22(23-6)20-14-11-18(5)12-15-20;1-8(2)7-9(3)10(4,5)6/h11-12,14-15,19H,7-10,13,16H2,1-6H3;7H,3H2,1-2,4-6H3. The fraction of sp³-hybridized carbons (Fsp3) is 0.594. The van der Waals surface area contributed by atoms with Crippen LogP contribution in [0.2, 0.25) is 0 Å². The summed E-state index contributed by atoms with van der Waals surface area (Å²) in [6, 6.07) is 8.77. The van der Waals surface area contributed by atoms with Crippen molar-refractivity contribution >= 4 is 5.71 Å². The largest absolute Gasteiger partial charge is 0.288 e. The van der Waals surface area contributed by atoms with Gasteiger partial charge >= 0.3 is 0 Å². The quantitative estimate of drug-likeness (QED) is 0.248. The second-order valence-corrected chi connectivity index (χ2v) is 10.9. The fourth-order valence-electron chi connectivity index (χ4n) is 3.92. The Morgan fingerprint density at radius 3 is 1.79 bits per heavy atom. The molecule has 0 heterocycles. The zero-order valence-electron chi connectivity index (χ0n) is 23.9. The normalized spacial score (nSPS) is 11.6. The highest BCUT2D eigenvalue weighted by atomic mass is 14.7. The zero-order chi connectivity index (χ0) is 25.6. The Balaban J connectivity index is 0.000000861. The summed E-state index contributed by atoms with van der Waals surface area (Å²) in [7, 11) is 1.92. The summed E-state index contributed by atoms with van der Waals surface area (Å²) < 4.78 is 0. The number of hydrogen-bond acceptors (Lipinski definition) is 1. The molecule has 0 N–H and O–H groups in total. The summed E-state index contributed by atoms with van der Waals surface area (Å²) in [5.74, 6) is 0.857. The molecule has 1 heteroatoms. The van der Waals surface area contributed by atoms with Gasteiger partial charge in [0.05, 0.1) is 5.71 Å². The van der Waals surface area contributed by atoms with Crippen LogP contribution in [0, 0.1) is 18.3 Å². The lowest BCUT2D eigenvalue weighted by atomic mass is 9.87. The molecule has 1 nitrogen and oxygen atoms in total. The molecule has 1 aromatic carbocycles. The molecule has 0 aliphatic heterocycles. The Bertz CT molecular complexity index is 780. The number of nitrogens with zero attached hydrogens (tertiary/aromatic N) is 1. The first-order valence-electron chi connectivity index (χ1n) is 12.9. The summed E-state index contributed by atoms with van der Waals surface area (Å²) in [5.41, 5.74) is 9.30. The van der Waals surface area contributed by atoms with E-state index in [4.69, 9.17) is 0 Å². The predicted octanol–water partition coefficient (Wildman–Crippen LogP) is 10.3. The molecular formula is C32H53N. The van der Waals surface area contributed by atoms with Gasteiger partial charge in [0.2, 0.25) is 0 Å². The average Bonchev–Trinajstić information content (AvgIpc) is 2.71. The molecule has 186 valence electrons. The Hall–Kier alpha value is -1.89. The highest BCUT2D eigenvalue weighted by Gasteiger charge is 2.14. The smallest absolute Gasteiger partial charge is 0.0674 e. The van der Waals surface area contributed by atoms with E-state index in [1.807, 2.05) is 7.05 Å². The van der Waals surface area contributed by atoms with Gasteiger partial charge in [-0.05, 0) is 75.5 Å². The second kappa shape index (κ2) is 15.9. The summed E-state index contributed by atoms with van der Waals surface area (Å²) in [6.07, 6.45) is 9.86. The van der Waals surface area contributed by atoms with E-state index in [-0.39, 0.29) is 5.41 Å². The van der Waals surface area contributed by atoms with Gasteiger partial charge in [-0.15, -0.1) is 0 Å². The van der Waals surface area contributed by atoms with Crippen LogP contribution >= 0.6 is 0 Å². The monoisotopic (exact) mass is 451 g/mol. The van der Waals surface area contributed by atoms with Gasteiger partial charge in [0.1, 0.15) is 0 Å². The molecule has 0 unspecified atom stereocenters. The second-order valence-electron chi connectivity index (χ2n) is 10.9. The Morgan fingerprint density at radius 2 is 1.45 bits per heavy atom. The fourth-order valence-corrected chi connectivity index (χ4v) is 3.92. The molecule has 0 aromatic heterocycles. The van der Waals surface area contributed by atoms with Crippen molar-refractivity contribution in [3.05, 3.63) is 70.3 Å². The maximum Gasteiger partial charge on any atom is 0.0674 e. The van der Waals surface area contributed by atoms with E-state index in [1.165, 1.54) is 71.2 Å². The van der Waals surface area contributed by atoms with Crippen molar-refractivity contribution in [2.45, 2.75) is 108 Å². The number of hydrogen-bond donors (Lipinski definition) is 0. The third-order valence-corrected chi connectivity index (χ3v) is 6.06. The SMILES string of the molecule is C=C(C=C(C)C)C(C)(C)C.CCCC(CCC)CCC(C(=NC)c1ccc(C)cc1)=C(C)C. The van der Waals surface area contributed by atoms with Crippen LogP contribution in [0.4, 0.5) is 0 Å². The van der Waals surface area contributed by atoms with Gasteiger partial charge in [-0.3, -0.25) is 4.99 Å². The first-order chi connectivity index (χ1) is 15.4. The lowest BCUT2D eigenvalue weighted by Gasteiger charge is -2.19. The Labute approximate surface area is 207 Å². The van der Waals surface area contributed by atoms with Crippen molar-refractivity contribution in [2.24, 2.45) is 16.3 Å². The minimum atomic E-state index is 0.220. The number of aliphatic imine (C=N–C) groups is 1. The molecule has 0 bridgehead atoms. The first kappa shape index (κ1) is 31.1. The third-order valence-electron chi connectivity index (χ3n) is 6.06. The molecule has 1 aromatic rings. The molecule has 0 saturated heterocycles. The van der Waals surface area contributed by atoms with Gasteiger partial charge in [0, 0.05) is 7.05 Å². The first-order valence-corrected chi connectivity index (χ1v) is 12.9. The van der Waals surface area contributed by atoms with E-state index in [2.05, 4.69) is 111 Å². The average molecular weight is 452 g/mol. The van der Waals surface area contributed by atoms with Crippen LogP contribution in [0.15, 0.2) is 64.2 Å². The van der Waals surface area contributed by atoms with Crippen molar-refractivity contribution in [1.82, 2.24) is 0 Å². The predicted molar refractivity (Wildman–Crippen MR) is 153 cm³/mol. The minimum Gasteiger partial charge on any atom is -0.288 e. The summed E-state index contributed by atoms with van der Waals surface area (Å²) in [4.78, 5) is 4.64. The van der Waals surface area contributed by atoms with Crippen LogP contribution in [0.3, 0.4) is 0 Å². The van der Waals surface area contributed by atoms with Crippen LogP contribution in [0.25, 0.3) is 0 Å². The van der Waals surface area contributed by atoms with Gasteiger partial charge in [0.15, 0.2) is 0 Å².